The summed E-state index contributed by atoms with van der Waals surface area (Å²) in [6.45, 7) is 9.71. The minimum absolute atomic E-state index is 0.0391. The van der Waals surface area contributed by atoms with Crippen molar-refractivity contribution in [2.75, 3.05) is 26.2 Å². The highest BCUT2D eigenvalue weighted by molar-refractivity contribution is 5.91. The first-order valence-corrected chi connectivity index (χ1v) is 10.3. The molecular formula is C20H38N4O4. The van der Waals surface area contributed by atoms with E-state index in [-0.39, 0.29) is 36.5 Å². The van der Waals surface area contributed by atoms with Crippen LogP contribution < -0.4 is 21.7 Å². The van der Waals surface area contributed by atoms with Crippen LogP contribution >= 0.6 is 0 Å². The lowest BCUT2D eigenvalue weighted by Gasteiger charge is -2.31. The van der Waals surface area contributed by atoms with Crippen molar-refractivity contribution in [3.05, 3.63) is 0 Å². The van der Waals surface area contributed by atoms with E-state index in [2.05, 4.69) is 29.8 Å². The van der Waals surface area contributed by atoms with E-state index in [1.165, 1.54) is 13.8 Å². The van der Waals surface area contributed by atoms with E-state index < -0.39 is 24.0 Å². The number of ketones is 2. The number of hydrogen-bond donors (Lipinski definition) is 5. The fourth-order valence-electron chi connectivity index (χ4n) is 3.43. The van der Waals surface area contributed by atoms with E-state index in [1.54, 1.807) is 0 Å². The van der Waals surface area contributed by atoms with Crippen LogP contribution in [0.4, 0.5) is 0 Å². The number of aliphatic hydroxyl groups is 1. The van der Waals surface area contributed by atoms with Crippen molar-refractivity contribution >= 4 is 17.5 Å². The summed E-state index contributed by atoms with van der Waals surface area (Å²) in [6, 6.07) is -0.467. The van der Waals surface area contributed by atoms with Gasteiger partial charge in [0, 0.05) is 31.5 Å². The monoisotopic (exact) mass is 398 g/mol. The molecule has 8 heteroatoms. The largest absolute Gasteiger partial charge is 0.393 e. The van der Waals surface area contributed by atoms with Gasteiger partial charge in [-0.05, 0) is 45.7 Å². The number of aliphatic hydroxyl groups excluding tert-OH is 1. The zero-order chi connectivity index (χ0) is 21.3. The van der Waals surface area contributed by atoms with Gasteiger partial charge in [0.1, 0.15) is 5.78 Å². The molecule has 0 aromatic carbocycles. The van der Waals surface area contributed by atoms with Gasteiger partial charge in [0.15, 0.2) is 5.78 Å². The van der Waals surface area contributed by atoms with E-state index in [4.69, 9.17) is 5.73 Å². The molecule has 1 amide bonds. The maximum absolute atomic E-state index is 12.8. The van der Waals surface area contributed by atoms with Crippen molar-refractivity contribution in [3.63, 3.8) is 0 Å². The third-order valence-corrected chi connectivity index (χ3v) is 5.22. The number of nitrogens with two attached hydrogens (primary N) is 1. The van der Waals surface area contributed by atoms with Crippen LogP contribution in [0.15, 0.2) is 0 Å². The maximum atomic E-state index is 12.8. The molecule has 28 heavy (non-hydrogen) atoms. The second-order valence-corrected chi connectivity index (χ2v) is 8.36. The second kappa shape index (κ2) is 12.3. The van der Waals surface area contributed by atoms with Gasteiger partial charge in [-0.1, -0.05) is 13.8 Å². The Morgan fingerprint density at radius 1 is 1.21 bits per heavy atom. The van der Waals surface area contributed by atoms with Gasteiger partial charge in [0.05, 0.1) is 18.1 Å². The molecule has 1 aliphatic rings. The third kappa shape index (κ3) is 8.34. The van der Waals surface area contributed by atoms with Gasteiger partial charge in [-0.25, -0.2) is 0 Å². The molecule has 8 nitrogen and oxygen atoms in total. The highest BCUT2D eigenvalue weighted by Crippen LogP contribution is 2.19. The highest BCUT2D eigenvalue weighted by atomic mass is 16.3. The Kier molecular flexibility index (Phi) is 10.8. The number of hydrogen-bond acceptors (Lipinski definition) is 7. The molecule has 1 aliphatic heterocycles. The van der Waals surface area contributed by atoms with Crippen LogP contribution in [0.5, 0.6) is 0 Å². The van der Waals surface area contributed by atoms with Gasteiger partial charge >= 0.3 is 0 Å². The highest BCUT2D eigenvalue weighted by Gasteiger charge is 2.33. The summed E-state index contributed by atoms with van der Waals surface area (Å²) in [5, 5.41) is 19.4. The number of rotatable bonds is 12. The summed E-state index contributed by atoms with van der Waals surface area (Å²) in [4.78, 5) is 37.1. The molecule has 162 valence electrons. The van der Waals surface area contributed by atoms with Crippen molar-refractivity contribution in [3.8, 4) is 0 Å². The molecule has 0 aromatic heterocycles. The summed E-state index contributed by atoms with van der Waals surface area (Å²) in [6.07, 6.45) is 0.0219. The van der Waals surface area contributed by atoms with Gasteiger partial charge in [-0.15, -0.1) is 0 Å². The van der Waals surface area contributed by atoms with E-state index >= 15 is 0 Å². The fourth-order valence-corrected chi connectivity index (χ4v) is 3.43. The van der Waals surface area contributed by atoms with E-state index in [9.17, 15) is 19.5 Å². The molecule has 2 unspecified atom stereocenters. The van der Waals surface area contributed by atoms with E-state index in [1.807, 2.05) is 0 Å². The Bertz CT molecular complexity index is 524. The molecule has 1 saturated heterocycles. The van der Waals surface area contributed by atoms with Crippen LogP contribution in [-0.4, -0.2) is 66.9 Å². The predicted molar refractivity (Wildman–Crippen MR) is 109 cm³/mol. The van der Waals surface area contributed by atoms with Crippen LogP contribution in [0, 0.1) is 17.8 Å². The molecule has 0 bridgehead atoms. The molecule has 5 atom stereocenters. The molecule has 0 radical (unpaired) electrons. The number of nitrogens with one attached hydrogen (secondary N) is 3. The second-order valence-electron chi connectivity index (χ2n) is 8.36. The lowest BCUT2D eigenvalue weighted by Crippen LogP contribution is -2.50. The minimum atomic E-state index is -0.985. The summed E-state index contributed by atoms with van der Waals surface area (Å²) < 4.78 is 0. The van der Waals surface area contributed by atoms with Crippen molar-refractivity contribution < 1.29 is 19.5 Å². The minimum Gasteiger partial charge on any atom is -0.393 e. The summed E-state index contributed by atoms with van der Waals surface area (Å²) >= 11 is 0. The van der Waals surface area contributed by atoms with Crippen molar-refractivity contribution in [2.24, 2.45) is 23.5 Å². The van der Waals surface area contributed by atoms with Gasteiger partial charge in [0.2, 0.25) is 5.91 Å². The fraction of sp³-hybridized carbons (Fsp3) is 0.850. The van der Waals surface area contributed by atoms with Gasteiger partial charge < -0.3 is 26.8 Å². The van der Waals surface area contributed by atoms with Crippen molar-refractivity contribution in [2.45, 2.75) is 65.1 Å². The lowest BCUT2D eigenvalue weighted by molar-refractivity contribution is -0.136. The van der Waals surface area contributed by atoms with Crippen LogP contribution in [-0.2, 0) is 14.4 Å². The summed E-state index contributed by atoms with van der Waals surface area (Å²) in [5.74, 6) is -1.25. The van der Waals surface area contributed by atoms with Crippen LogP contribution in [0.2, 0.25) is 0 Å². The number of Topliss-reactive ketones (excluding diaryl/α,β-unsaturated/α-hetero) is 2. The SMILES string of the molecule is CC(=O)[C@H](CCN)NC(=O)[C@@H](CC(=O)C1CNCC(NCC(C)C)C1)[C@H](C)O. The first kappa shape index (κ1) is 24.7. The zero-order valence-corrected chi connectivity index (χ0v) is 17.7. The topological polar surface area (TPSA) is 134 Å². The smallest absolute Gasteiger partial charge is 0.226 e. The summed E-state index contributed by atoms with van der Waals surface area (Å²) in [5.41, 5.74) is 5.49. The predicted octanol–water partition coefficient (Wildman–Crippen LogP) is -0.411. The van der Waals surface area contributed by atoms with Crippen molar-refractivity contribution in [1.29, 1.82) is 0 Å². The molecule has 1 heterocycles. The molecule has 0 saturated carbocycles. The van der Waals surface area contributed by atoms with Crippen LogP contribution in [0.25, 0.3) is 0 Å². The molecule has 0 aromatic rings. The van der Waals surface area contributed by atoms with Crippen molar-refractivity contribution in [1.82, 2.24) is 16.0 Å². The Morgan fingerprint density at radius 3 is 2.43 bits per heavy atom. The Morgan fingerprint density at radius 2 is 1.89 bits per heavy atom. The summed E-state index contributed by atoms with van der Waals surface area (Å²) in [7, 11) is 0. The Hall–Kier alpha value is -1.35. The molecule has 6 N–H and O–H groups in total. The Balaban J connectivity index is 2.68. The van der Waals surface area contributed by atoms with Gasteiger partial charge in [0.25, 0.3) is 0 Å². The number of carbonyl (C=O) groups excluding carboxylic acids is 3. The molecule has 0 aliphatic carbocycles. The quantitative estimate of drug-likeness (QED) is 0.302. The molecular weight excluding hydrogens is 360 g/mol. The third-order valence-electron chi connectivity index (χ3n) is 5.22. The van der Waals surface area contributed by atoms with Gasteiger partial charge in [-0.2, -0.15) is 0 Å². The normalized spacial score (nSPS) is 23.1. The van der Waals surface area contributed by atoms with E-state index in [0.29, 0.717) is 18.9 Å². The molecule has 0 spiro atoms. The number of piperidine rings is 1. The zero-order valence-electron chi connectivity index (χ0n) is 17.7. The first-order valence-electron chi connectivity index (χ1n) is 10.3. The number of carbonyl (C=O) groups is 3. The first-order chi connectivity index (χ1) is 13.1. The van der Waals surface area contributed by atoms with Gasteiger partial charge in [-0.3, -0.25) is 14.4 Å². The Labute approximate surface area is 168 Å². The number of amides is 1. The van der Waals surface area contributed by atoms with Crippen LogP contribution in [0.1, 0.15) is 47.0 Å². The average molecular weight is 399 g/mol. The molecule has 1 rings (SSSR count). The van der Waals surface area contributed by atoms with Crippen LogP contribution in [0.3, 0.4) is 0 Å². The van der Waals surface area contributed by atoms with E-state index in [0.717, 1.165) is 19.5 Å². The molecule has 1 fully saturated rings. The standard InChI is InChI=1S/C20H38N4O4/c1-12(2)9-23-16-7-15(10-22-11-16)19(27)8-17(13(3)25)20(28)24-18(5-6-21)14(4)26/h12-13,15-18,22-23,25H,5-11,21H2,1-4H3,(H,24,28)/t13-,15?,16?,17-,18-/m0/s1. The lowest BCUT2D eigenvalue weighted by atomic mass is 9.85. The maximum Gasteiger partial charge on any atom is 0.226 e. The average Bonchev–Trinajstić information content (AvgIpc) is 2.63.